The normalized spacial score (nSPS) is 12.2. The summed E-state index contributed by atoms with van der Waals surface area (Å²) in [7, 11) is 3.30. The smallest absolute Gasteiger partial charge is 0.277 e. The third-order valence-corrected chi connectivity index (χ3v) is 7.34. The van der Waals surface area contributed by atoms with Crippen molar-refractivity contribution in [2.24, 2.45) is 7.05 Å². The third-order valence-electron chi connectivity index (χ3n) is 5.49. The molecule has 0 radical (unpaired) electrons. The molecular formula is C23H34N6O4S. The number of nitrogens with zero attached hydrogens (tertiary/aromatic N) is 5. The molecule has 0 unspecified atom stereocenters. The summed E-state index contributed by atoms with van der Waals surface area (Å²) in [5.41, 5.74) is 1.71. The van der Waals surface area contributed by atoms with Crippen molar-refractivity contribution in [2.45, 2.75) is 38.0 Å². The maximum atomic E-state index is 13.2. The Labute approximate surface area is 200 Å². The van der Waals surface area contributed by atoms with Crippen LogP contribution in [0.3, 0.4) is 0 Å². The SMILES string of the molecule is CCCOc1ccc(S(=O)(=O)N(C)CCN(C)C)cc1-c1nc2c(CCC)nn(C)c2c(=O)[nH]1. The van der Waals surface area contributed by atoms with E-state index in [4.69, 9.17) is 9.72 Å². The minimum absolute atomic E-state index is 0.107. The predicted octanol–water partition coefficient (Wildman–Crippen LogP) is 2.25. The summed E-state index contributed by atoms with van der Waals surface area (Å²) >= 11 is 0. The fourth-order valence-electron chi connectivity index (χ4n) is 3.61. The van der Waals surface area contributed by atoms with Gasteiger partial charge in [-0.25, -0.2) is 13.4 Å². The molecule has 34 heavy (non-hydrogen) atoms. The van der Waals surface area contributed by atoms with Crippen molar-refractivity contribution < 1.29 is 13.2 Å². The van der Waals surface area contributed by atoms with Crippen molar-refractivity contribution >= 4 is 21.1 Å². The Hall–Kier alpha value is -2.76. The summed E-state index contributed by atoms with van der Waals surface area (Å²) in [6, 6.07) is 4.67. The van der Waals surface area contributed by atoms with Gasteiger partial charge in [0.15, 0.2) is 5.52 Å². The number of hydrogen-bond acceptors (Lipinski definition) is 7. The van der Waals surface area contributed by atoms with E-state index in [0.717, 1.165) is 18.5 Å². The Morgan fingerprint density at radius 1 is 1.12 bits per heavy atom. The summed E-state index contributed by atoms with van der Waals surface area (Å²) in [5.74, 6) is 0.710. The molecule has 0 aliphatic carbocycles. The van der Waals surface area contributed by atoms with E-state index in [1.54, 1.807) is 20.2 Å². The van der Waals surface area contributed by atoms with Crippen LogP contribution in [0.4, 0.5) is 0 Å². The first-order chi connectivity index (χ1) is 16.1. The largest absolute Gasteiger partial charge is 0.493 e. The Bertz CT molecular complexity index is 1310. The van der Waals surface area contributed by atoms with E-state index >= 15 is 0 Å². The molecule has 2 aromatic heterocycles. The van der Waals surface area contributed by atoms with Crippen LogP contribution in [0.25, 0.3) is 22.4 Å². The molecule has 3 aromatic rings. The summed E-state index contributed by atoms with van der Waals surface area (Å²) in [6.45, 7) is 5.40. The topological polar surface area (TPSA) is 113 Å². The van der Waals surface area contributed by atoms with Crippen molar-refractivity contribution in [3.8, 4) is 17.1 Å². The molecule has 0 fully saturated rings. The third kappa shape index (κ3) is 5.31. The van der Waals surface area contributed by atoms with Gasteiger partial charge in [0, 0.05) is 27.2 Å². The number of nitrogens with one attached hydrogen (secondary N) is 1. The summed E-state index contributed by atoms with van der Waals surface area (Å²) in [6.07, 6.45) is 2.31. The van der Waals surface area contributed by atoms with E-state index in [1.165, 1.54) is 21.1 Å². The molecule has 1 aromatic carbocycles. The van der Waals surface area contributed by atoms with Crippen LogP contribution < -0.4 is 10.3 Å². The van der Waals surface area contributed by atoms with Crippen molar-refractivity contribution in [1.29, 1.82) is 0 Å². The average Bonchev–Trinajstić information content (AvgIpc) is 3.11. The fraction of sp³-hybridized carbons (Fsp3) is 0.522. The standard InChI is InChI=1S/C23H34N6O4S/c1-7-9-18-20-21(29(6)26-18)23(30)25-22(24-20)17-15-16(10-11-19(17)33-14-8-2)34(31,32)28(5)13-12-27(3)4/h10-11,15H,7-9,12-14H2,1-6H3,(H,24,25,30). The number of sulfonamides is 1. The van der Waals surface area contributed by atoms with Gasteiger partial charge in [0.2, 0.25) is 10.0 Å². The predicted molar refractivity (Wildman–Crippen MR) is 133 cm³/mol. The van der Waals surface area contributed by atoms with Gasteiger partial charge in [-0.2, -0.15) is 9.40 Å². The molecular weight excluding hydrogens is 456 g/mol. The highest BCUT2D eigenvalue weighted by atomic mass is 32.2. The molecule has 0 saturated carbocycles. The number of ether oxygens (including phenoxy) is 1. The molecule has 186 valence electrons. The lowest BCUT2D eigenvalue weighted by atomic mass is 10.1. The summed E-state index contributed by atoms with van der Waals surface area (Å²) in [4.78, 5) is 22.5. The Morgan fingerprint density at radius 3 is 2.50 bits per heavy atom. The maximum Gasteiger partial charge on any atom is 0.277 e. The van der Waals surface area contributed by atoms with Crippen LogP contribution in [0.2, 0.25) is 0 Å². The Morgan fingerprint density at radius 2 is 1.85 bits per heavy atom. The summed E-state index contributed by atoms with van der Waals surface area (Å²) in [5, 5.41) is 4.46. The number of aryl methyl sites for hydroxylation is 2. The number of fused-ring (bicyclic) bond motifs is 1. The molecule has 10 nitrogen and oxygen atoms in total. The van der Waals surface area contributed by atoms with Crippen molar-refractivity contribution in [3.63, 3.8) is 0 Å². The molecule has 1 N–H and O–H groups in total. The van der Waals surface area contributed by atoms with Gasteiger partial charge in [0.1, 0.15) is 17.1 Å². The van der Waals surface area contributed by atoms with Crippen molar-refractivity contribution in [3.05, 3.63) is 34.2 Å². The number of aromatic nitrogens is 4. The minimum atomic E-state index is -3.75. The monoisotopic (exact) mass is 490 g/mol. The van der Waals surface area contributed by atoms with Gasteiger partial charge in [-0.3, -0.25) is 9.48 Å². The van der Waals surface area contributed by atoms with Crippen LogP contribution in [0.1, 0.15) is 32.4 Å². The highest BCUT2D eigenvalue weighted by molar-refractivity contribution is 7.89. The van der Waals surface area contributed by atoms with Gasteiger partial charge in [-0.1, -0.05) is 20.3 Å². The van der Waals surface area contributed by atoms with Crippen LogP contribution in [0, 0.1) is 0 Å². The second-order valence-corrected chi connectivity index (χ2v) is 10.6. The molecule has 0 saturated heterocycles. The number of rotatable bonds is 11. The molecule has 11 heteroatoms. The molecule has 0 spiro atoms. The number of H-pyrrole nitrogens is 1. The van der Waals surface area contributed by atoms with E-state index in [1.807, 2.05) is 32.8 Å². The van der Waals surface area contributed by atoms with Crippen LogP contribution >= 0.6 is 0 Å². The Kier molecular flexibility index (Phi) is 8.11. The van der Waals surface area contributed by atoms with Crippen molar-refractivity contribution in [2.75, 3.05) is 40.8 Å². The average molecular weight is 491 g/mol. The zero-order valence-electron chi connectivity index (χ0n) is 20.8. The van der Waals surface area contributed by atoms with Crippen LogP contribution in [0.15, 0.2) is 27.9 Å². The molecule has 0 amide bonds. The first kappa shape index (κ1) is 25.9. The van der Waals surface area contributed by atoms with Gasteiger partial charge in [0.25, 0.3) is 5.56 Å². The highest BCUT2D eigenvalue weighted by Gasteiger charge is 2.24. The molecule has 0 aliphatic heterocycles. The molecule has 0 atom stereocenters. The van der Waals surface area contributed by atoms with Crippen LogP contribution in [0.5, 0.6) is 5.75 Å². The molecule has 0 aliphatic rings. The van der Waals surface area contributed by atoms with Gasteiger partial charge in [-0.15, -0.1) is 0 Å². The first-order valence-electron chi connectivity index (χ1n) is 11.4. The second kappa shape index (κ2) is 10.7. The molecule has 2 heterocycles. The highest BCUT2D eigenvalue weighted by Crippen LogP contribution is 2.32. The number of benzene rings is 1. The van der Waals surface area contributed by atoms with Gasteiger partial charge in [0.05, 0.1) is 22.8 Å². The van der Waals surface area contributed by atoms with E-state index < -0.39 is 10.0 Å². The minimum Gasteiger partial charge on any atom is -0.493 e. The number of likely N-dealkylation sites (N-methyl/N-ethyl adjacent to an activating group) is 2. The lowest BCUT2D eigenvalue weighted by Gasteiger charge is -2.20. The lowest BCUT2D eigenvalue weighted by Crippen LogP contribution is -2.33. The fourth-order valence-corrected chi connectivity index (χ4v) is 4.80. The van der Waals surface area contributed by atoms with Crippen LogP contribution in [-0.2, 0) is 23.5 Å². The maximum absolute atomic E-state index is 13.2. The molecule has 3 rings (SSSR count). The van der Waals surface area contributed by atoms with E-state index in [2.05, 4.69) is 10.1 Å². The van der Waals surface area contributed by atoms with Crippen LogP contribution in [-0.4, -0.2) is 78.2 Å². The lowest BCUT2D eigenvalue weighted by molar-refractivity contribution is 0.318. The number of aromatic amines is 1. The quantitative estimate of drug-likeness (QED) is 0.438. The molecule has 0 bridgehead atoms. The van der Waals surface area contributed by atoms with E-state index in [0.29, 0.717) is 48.5 Å². The zero-order valence-corrected chi connectivity index (χ0v) is 21.6. The van der Waals surface area contributed by atoms with Crippen molar-refractivity contribution in [1.82, 2.24) is 29.0 Å². The summed E-state index contributed by atoms with van der Waals surface area (Å²) < 4.78 is 35.2. The number of hydrogen-bond donors (Lipinski definition) is 1. The van der Waals surface area contributed by atoms with Gasteiger partial charge in [-0.05, 0) is 45.1 Å². The van der Waals surface area contributed by atoms with Gasteiger partial charge < -0.3 is 14.6 Å². The van der Waals surface area contributed by atoms with Gasteiger partial charge >= 0.3 is 0 Å². The first-order valence-corrected chi connectivity index (χ1v) is 12.9. The van der Waals surface area contributed by atoms with E-state index in [9.17, 15) is 13.2 Å². The Balaban J connectivity index is 2.17. The zero-order chi connectivity index (χ0) is 25.0. The second-order valence-electron chi connectivity index (χ2n) is 8.57. The van der Waals surface area contributed by atoms with E-state index in [-0.39, 0.29) is 16.3 Å².